The van der Waals surface area contributed by atoms with E-state index in [0.29, 0.717) is 11.3 Å². The van der Waals surface area contributed by atoms with Crippen LogP contribution in [0.1, 0.15) is 17.4 Å². The van der Waals surface area contributed by atoms with Gasteiger partial charge in [0.25, 0.3) is 0 Å². The Hall–Kier alpha value is -2.97. The van der Waals surface area contributed by atoms with Crippen LogP contribution in [0.4, 0.5) is 10.1 Å². The predicted molar refractivity (Wildman–Crippen MR) is 99.8 cm³/mol. The Balaban J connectivity index is 1.53. The Labute approximate surface area is 158 Å². The van der Waals surface area contributed by atoms with Crippen molar-refractivity contribution in [2.75, 3.05) is 11.9 Å². The quantitative estimate of drug-likeness (QED) is 0.585. The fourth-order valence-corrected chi connectivity index (χ4v) is 2.97. The number of aliphatic hydroxyl groups is 1. The molecule has 0 saturated heterocycles. The smallest absolute Gasteiger partial charge is 0.313 e. The summed E-state index contributed by atoms with van der Waals surface area (Å²) in [7, 11) is 0. The van der Waals surface area contributed by atoms with Crippen LogP contribution in [0.3, 0.4) is 0 Å². The topological polar surface area (TPSA) is 91.6 Å². The van der Waals surface area contributed by atoms with Crippen LogP contribution in [-0.2, 0) is 9.59 Å². The van der Waals surface area contributed by atoms with E-state index in [1.54, 1.807) is 19.1 Å². The molecule has 3 rings (SSSR count). The molecule has 1 atom stereocenters. The van der Waals surface area contributed by atoms with Gasteiger partial charge in [-0.3, -0.25) is 9.59 Å². The molecule has 0 spiro atoms. The Bertz CT molecular complexity index is 953. The van der Waals surface area contributed by atoms with Gasteiger partial charge in [0.2, 0.25) is 0 Å². The van der Waals surface area contributed by atoms with E-state index >= 15 is 0 Å². The largest absolute Gasteiger partial charge is 0.458 e. The zero-order valence-corrected chi connectivity index (χ0v) is 15.2. The second kappa shape index (κ2) is 8.15. The number of furan rings is 1. The first-order valence-electron chi connectivity index (χ1n) is 8.09. The van der Waals surface area contributed by atoms with Crippen molar-refractivity contribution < 1.29 is 23.5 Å². The molecular weight excluding hydrogens is 371 g/mol. The highest BCUT2D eigenvalue weighted by Gasteiger charge is 2.18. The van der Waals surface area contributed by atoms with E-state index in [0.717, 1.165) is 11.6 Å². The summed E-state index contributed by atoms with van der Waals surface area (Å²) in [6.07, 6.45) is -1.11. The molecule has 0 bridgehead atoms. The van der Waals surface area contributed by atoms with Gasteiger partial charge in [-0.15, -0.1) is 0 Å². The van der Waals surface area contributed by atoms with Crippen molar-refractivity contribution in [2.45, 2.75) is 13.0 Å². The molecule has 6 nitrogen and oxygen atoms in total. The molecule has 2 aromatic heterocycles. The Morgan fingerprint density at radius 2 is 2.04 bits per heavy atom. The lowest BCUT2D eigenvalue weighted by atomic mass is 10.2. The first-order valence-corrected chi connectivity index (χ1v) is 9.04. The minimum atomic E-state index is -1.11. The Kier molecular flexibility index (Phi) is 5.68. The summed E-state index contributed by atoms with van der Waals surface area (Å²) in [5.74, 6) is -1.50. The molecule has 2 amide bonds. The number of anilines is 1. The van der Waals surface area contributed by atoms with Crippen molar-refractivity contribution in [3.8, 4) is 11.3 Å². The van der Waals surface area contributed by atoms with Gasteiger partial charge in [-0.2, -0.15) is 11.3 Å². The average molecular weight is 388 g/mol. The van der Waals surface area contributed by atoms with Crippen molar-refractivity contribution in [2.24, 2.45) is 0 Å². The maximum atomic E-state index is 13.5. The second-order valence-electron chi connectivity index (χ2n) is 5.86. The molecule has 2 heterocycles. The van der Waals surface area contributed by atoms with Crippen LogP contribution < -0.4 is 10.6 Å². The number of hydrogen-bond donors (Lipinski definition) is 3. The molecule has 8 heteroatoms. The number of halogens is 1. The van der Waals surface area contributed by atoms with E-state index in [-0.39, 0.29) is 18.0 Å². The summed E-state index contributed by atoms with van der Waals surface area (Å²) >= 11 is 1.52. The van der Waals surface area contributed by atoms with Crippen LogP contribution in [0.2, 0.25) is 0 Å². The second-order valence-corrected chi connectivity index (χ2v) is 6.64. The fourth-order valence-electron chi connectivity index (χ4n) is 2.32. The third-order valence-corrected chi connectivity index (χ3v) is 4.54. The molecule has 27 heavy (non-hydrogen) atoms. The van der Waals surface area contributed by atoms with Crippen molar-refractivity contribution in [1.29, 1.82) is 0 Å². The summed E-state index contributed by atoms with van der Waals surface area (Å²) < 4.78 is 19.0. The van der Waals surface area contributed by atoms with Crippen LogP contribution in [0.25, 0.3) is 11.3 Å². The monoisotopic (exact) mass is 388 g/mol. The van der Waals surface area contributed by atoms with Crippen molar-refractivity contribution in [3.05, 3.63) is 64.3 Å². The van der Waals surface area contributed by atoms with Gasteiger partial charge in [-0.05, 0) is 48.2 Å². The van der Waals surface area contributed by atoms with E-state index in [9.17, 15) is 19.1 Å². The molecule has 1 unspecified atom stereocenters. The first-order chi connectivity index (χ1) is 12.9. The van der Waals surface area contributed by atoms with E-state index in [1.807, 2.05) is 16.8 Å². The van der Waals surface area contributed by atoms with Gasteiger partial charge in [0.1, 0.15) is 23.4 Å². The van der Waals surface area contributed by atoms with Gasteiger partial charge in [0.05, 0.1) is 6.54 Å². The van der Waals surface area contributed by atoms with Gasteiger partial charge in [0.15, 0.2) is 0 Å². The highest BCUT2D eigenvalue weighted by atomic mass is 32.1. The van der Waals surface area contributed by atoms with Gasteiger partial charge < -0.3 is 20.2 Å². The number of hydrogen-bond acceptors (Lipinski definition) is 5. The van der Waals surface area contributed by atoms with Gasteiger partial charge in [-0.1, -0.05) is 6.07 Å². The maximum Gasteiger partial charge on any atom is 0.313 e. The minimum Gasteiger partial charge on any atom is -0.458 e. The summed E-state index contributed by atoms with van der Waals surface area (Å²) in [5, 5.41) is 18.6. The summed E-state index contributed by atoms with van der Waals surface area (Å²) in [6.45, 7) is 1.39. The molecule has 0 saturated carbocycles. The molecule has 3 N–H and O–H groups in total. The third kappa shape index (κ3) is 4.60. The minimum absolute atomic E-state index is 0.172. The summed E-state index contributed by atoms with van der Waals surface area (Å²) in [5.41, 5.74) is 1.50. The highest BCUT2D eigenvalue weighted by molar-refractivity contribution is 7.08. The lowest BCUT2D eigenvalue weighted by Gasteiger charge is -2.10. The zero-order chi connectivity index (χ0) is 19.4. The van der Waals surface area contributed by atoms with E-state index in [1.165, 1.54) is 23.5 Å². The zero-order valence-electron chi connectivity index (χ0n) is 14.4. The first kappa shape index (κ1) is 18.8. The van der Waals surface area contributed by atoms with Crippen LogP contribution in [0.5, 0.6) is 0 Å². The highest BCUT2D eigenvalue weighted by Crippen LogP contribution is 2.26. The lowest BCUT2D eigenvalue weighted by molar-refractivity contribution is -0.136. The molecule has 140 valence electrons. The van der Waals surface area contributed by atoms with E-state index in [4.69, 9.17) is 4.42 Å². The molecule has 0 aliphatic heterocycles. The van der Waals surface area contributed by atoms with Gasteiger partial charge in [-0.25, -0.2) is 4.39 Å². The third-order valence-electron chi connectivity index (χ3n) is 3.85. The number of aryl methyl sites for hydroxylation is 1. The number of carbonyl (C=O) groups excluding carboxylic acids is 2. The molecule has 3 aromatic rings. The number of thiophene rings is 1. The number of benzene rings is 1. The van der Waals surface area contributed by atoms with Gasteiger partial charge >= 0.3 is 11.8 Å². The fraction of sp³-hybridized carbons (Fsp3) is 0.158. The number of carbonyl (C=O) groups is 2. The summed E-state index contributed by atoms with van der Waals surface area (Å²) in [4.78, 5) is 23.7. The number of amides is 2. The van der Waals surface area contributed by atoms with Gasteiger partial charge in [0, 0.05) is 16.6 Å². The lowest BCUT2D eigenvalue weighted by Crippen LogP contribution is -2.37. The average Bonchev–Trinajstić information content (AvgIpc) is 3.33. The molecule has 0 radical (unpaired) electrons. The molecular formula is C19H17FN2O4S. The van der Waals surface area contributed by atoms with Crippen LogP contribution in [-0.4, -0.2) is 23.5 Å². The molecule has 0 fully saturated rings. The number of nitrogens with one attached hydrogen (secondary N) is 2. The number of aliphatic hydroxyl groups excluding tert-OH is 1. The van der Waals surface area contributed by atoms with Crippen LogP contribution in [0.15, 0.2) is 51.6 Å². The molecule has 0 aliphatic carbocycles. The SMILES string of the molecule is Cc1ccc(NC(=O)C(=O)NCC(O)c2ccc(-c3ccsc3)o2)cc1F. The van der Waals surface area contributed by atoms with Crippen molar-refractivity contribution >= 4 is 28.8 Å². The Morgan fingerprint density at radius 1 is 1.22 bits per heavy atom. The van der Waals surface area contributed by atoms with Crippen molar-refractivity contribution in [1.82, 2.24) is 5.32 Å². The molecule has 0 aliphatic rings. The number of rotatable bonds is 5. The van der Waals surface area contributed by atoms with Crippen LogP contribution >= 0.6 is 11.3 Å². The maximum absolute atomic E-state index is 13.5. The van der Waals surface area contributed by atoms with E-state index in [2.05, 4.69) is 10.6 Å². The molecule has 1 aromatic carbocycles. The standard InChI is InChI=1S/C19H17FN2O4S/c1-11-2-3-13(8-14(11)20)22-19(25)18(24)21-9-15(23)17-5-4-16(26-17)12-6-7-27-10-12/h2-8,10,15,23H,9H2,1H3,(H,21,24)(H,22,25). The van der Waals surface area contributed by atoms with E-state index < -0.39 is 23.7 Å². The Morgan fingerprint density at radius 3 is 2.74 bits per heavy atom. The van der Waals surface area contributed by atoms with Crippen LogP contribution in [0, 0.1) is 12.7 Å². The predicted octanol–water partition coefficient (Wildman–Crippen LogP) is 3.24. The summed E-state index contributed by atoms with van der Waals surface area (Å²) in [6, 6.07) is 9.34. The van der Waals surface area contributed by atoms with Crippen molar-refractivity contribution in [3.63, 3.8) is 0 Å². The normalized spacial score (nSPS) is 11.8.